The number of non-ortho nitro benzene ring substituents is 2. The molecule has 0 spiro atoms. The van der Waals surface area contributed by atoms with Gasteiger partial charge in [0.05, 0.1) is 38.6 Å². The zero-order valence-electron chi connectivity index (χ0n) is 22.2. The maximum Gasteiger partial charge on any atom is 0.336 e. The van der Waals surface area contributed by atoms with E-state index in [2.05, 4.69) is 6.92 Å². The molecule has 1 aliphatic carbocycles. The Kier molecular flexibility index (Phi) is 8.71. The third-order valence-electron chi connectivity index (χ3n) is 6.86. The second-order valence-corrected chi connectivity index (χ2v) is 9.62. The van der Waals surface area contributed by atoms with Crippen molar-refractivity contribution in [3.05, 3.63) is 101 Å². The molecule has 0 saturated heterocycles. The molecule has 12 heteroatoms. The van der Waals surface area contributed by atoms with Crippen LogP contribution in [0.5, 0.6) is 5.75 Å². The Morgan fingerprint density at radius 1 is 0.805 bits per heavy atom. The standard InChI is InChI=1S/C29H27N3O9/c1-2-3-4-5-6-7-12-41-21-10-8-18(9-11-21)13-22-23-14-19(30(35)36)16-25(29(33)34)27(23)28-24(22)15-20(31(37)38)17-26(28)32(39)40/h8-11,13-17H,2-7,12H2,1H3,(H,33,34). The highest BCUT2D eigenvalue weighted by Gasteiger charge is 2.38. The molecule has 0 fully saturated rings. The Bertz CT molecular complexity index is 1480. The van der Waals surface area contributed by atoms with Crippen molar-refractivity contribution in [3.63, 3.8) is 0 Å². The number of nitrogens with zero attached hydrogens (tertiary/aromatic N) is 3. The lowest BCUT2D eigenvalue weighted by Gasteiger charge is -2.08. The second-order valence-electron chi connectivity index (χ2n) is 9.62. The van der Waals surface area contributed by atoms with Gasteiger partial charge >= 0.3 is 5.97 Å². The van der Waals surface area contributed by atoms with Crippen molar-refractivity contribution in [2.24, 2.45) is 0 Å². The van der Waals surface area contributed by atoms with Crippen molar-refractivity contribution in [2.45, 2.75) is 45.4 Å². The molecule has 3 aromatic rings. The molecule has 12 nitrogen and oxygen atoms in total. The topological polar surface area (TPSA) is 176 Å². The average Bonchev–Trinajstić information content (AvgIpc) is 3.25. The Morgan fingerprint density at radius 3 is 1.98 bits per heavy atom. The van der Waals surface area contributed by atoms with E-state index in [1.165, 1.54) is 19.3 Å². The smallest absolute Gasteiger partial charge is 0.336 e. The minimum atomic E-state index is -1.53. The summed E-state index contributed by atoms with van der Waals surface area (Å²) in [5, 5.41) is 45.1. The maximum absolute atomic E-state index is 12.1. The van der Waals surface area contributed by atoms with E-state index in [-0.39, 0.29) is 27.8 Å². The van der Waals surface area contributed by atoms with Crippen LogP contribution in [0.25, 0.3) is 22.8 Å². The number of carbonyl (C=O) groups is 1. The van der Waals surface area contributed by atoms with Gasteiger partial charge in [-0.2, -0.15) is 0 Å². The quantitative estimate of drug-likeness (QED) is 0.0988. The fourth-order valence-corrected chi connectivity index (χ4v) is 4.92. The highest BCUT2D eigenvalue weighted by atomic mass is 16.6. The van der Waals surface area contributed by atoms with Crippen molar-refractivity contribution >= 4 is 34.7 Å². The molecule has 0 atom stereocenters. The number of nitro groups is 3. The van der Waals surface area contributed by atoms with Crippen LogP contribution in [0.4, 0.5) is 17.1 Å². The lowest BCUT2D eigenvalue weighted by molar-refractivity contribution is -0.393. The number of hydrogen-bond donors (Lipinski definition) is 1. The van der Waals surface area contributed by atoms with Gasteiger partial charge in [-0.3, -0.25) is 30.3 Å². The number of aromatic carboxylic acids is 1. The molecule has 0 aliphatic heterocycles. The molecule has 0 aromatic heterocycles. The van der Waals surface area contributed by atoms with Crippen LogP contribution < -0.4 is 4.74 Å². The summed E-state index contributed by atoms with van der Waals surface area (Å²) in [5.41, 5.74) is -1.70. The van der Waals surface area contributed by atoms with Gasteiger partial charge < -0.3 is 9.84 Å². The van der Waals surface area contributed by atoms with Gasteiger partial charge in [-0.15, -0.1) is 0 Å². The van der Waals surface area contributed by atoms with Crippen LogP contribution in [0.15, 0.2) is 48.5 Å². The Morgan fingerprint density at radius 2 is 1.39 bits per heavy atom. The number of ether oxygens (including phenoxy) is 1. The number of hydrogen-bond acceptors (Lipinski definition) is 8. The summed E-state index contributed by atoms with van der Waals surface area (Å²) in [6, 6.07) is 10.7. The Balaban J connectivity index is 1.77. The largest absolute Gasteiger partial charge is 0.494 e. The highest BCUT2D eigenvalue weighted by molar-refractivity contribution is 6.14. The van der Waals surface area contributed by atoms with Gasteiger partial charge in [0.1, 0.15) is 5.75 Å². The summed E-state index contributed by atoms with van der Waals surface area (Å²) >= 11 is 0. The predicted molar refractivity (Wildman–Crippen MR) is 151 cm³/mol. The first-order valence-corrected chi connectivity index (χ1v) is 13.1. The summed E-state index contributed by atoms with van der Waals surface area (Å²) < 4.78 is 5.81. The molecule has 41 heavy (non-hydrogen) atoms. The molecule has 0 heterocycles. The predicted octanol–water partition coefficient (Wildman–Crippen LogP) is 7.42. The summed E-state index contributed by atoms with van der Waals surface area (Å²) in [7, 11) is 0. The SMILES string of the molecule is CCCCCCCCOc1ccc(C=C2c3cc([N+](=O)[O-])cc(C(=O)O)c3-c3c2cc([N+](=O)[O-])cc3[N+](=O)[O-])cc1. The van der Waals surface area contributed by atoms with E-state index in [0.717, 1.165) is 43.5 Å². The number of nitro benzene ring substituents is 3. The lowest BCUT2D eigenvalue weighted by Crippen LogP contribution is -2.03. The number of carboxylic acids is 1. The average molecular weight is 562 g/mol. The monoisotopic (exact) mass is 561 g/mol. The van der Waals surface area contributed by atoms with Crippen LogP contribution >= 0.6 is 0 Å². The molecule has 0 saturated carbocycles. The molecular formula is C29H27N3O9. The molecule has 0 radical (unpaired) electrons. The molecular weight excluding hydrogens is 534 g/mol. The normalized spacial score (nSPS) is 12.6. The summed E-state index contributed by atoms with van der Waals surface area (Å²) in [4.78, 5) is 45.0. The minimum Gasteiger partial charge on any atom is -0.494 e. The molecule has 212 valence electrons. The summed E-state index contributed by atoms with van der Waals surface area (Å²) in [6.07, 6.45) is 8.32. The van der Waals surface area contributed by atoms with Crippen LogP contribution in [0.1, 0.15) is 72.5 Å². The molecule has 1 N–H and O–H groups in total. The highest BCUT2D eigenvalue weighted by Crippen LogP contribution is 2.53. The van der Waals surface area contributed by atoms with E-state index in [1.807, 2.05) is 0 Å². The van der Waals surface area contributed by atoms with E-state index < -0.39 is 43.4 Å². The number of carboxylic acid groups (broad SMARTS) is 1. The molecule has 0 unspecified atom stereocenters. The van der Waals surface area contributed by atoms with Crippen molar-refractivity contribution in [1.82, 2.24) is 0 Å². The fraction of sp³-hybridized carbons (Fsp3) is 0.276. The van der Waals surface area contributed by atoms with Gasteiger partial charge in [-0.1, -0.05) is 51.2 Å². The lowest BCUT2D eigenvalue weighted by atomic mass is 9.96. The van der Waals surface area contributed by atoms with Crippen LogP contribution in [0, 0.1) is 30.3 Å². The first-order valence-electron chi connectivity index (χ1n) is 13.1. The summed E-state index contributed by atoms with van der Waals surface area (Å²) in [6.45, 7) is 2.72. The Hall–Kier alpha value is -5.13. The van der Waals surface area contributed by atoms with Gasteiger partial charge in [-0.25, -0.2) is 4.79 Å². The number of benzene rings is 3. The zero-order chi connectivity index (χ0) is 29.7. The van der Waals surface area contributed by atoms with Crippen LogP contribution in [0.3, 0.4) is 0 Å². The third kappa shape index (κ3) is 6.21. The van der Waals surface area contributed by atoms with Crippen molar-refractivity contribution in [1.29, 1.82) is 0 Å². The maximum atomic E-state index is 12.1. The number of unbranched alkanes of at least 4 members (excludes halogenated alkanes) is 5. The molecule has 1 aliphatic rings. The zero-order valence-corrected chi connectivity index (χ0v) is 22.2. The fourth-order valence-electron chi connectivity index (χ4n) is 4.92. The minimum absolute atomic E-state index is 0.0345. The first kappa shape index (κ1) is 28.9. The third-order valence-corrected chi connectivity index (χ3v) is 6.86. The van der Waals surface area contributed by atoms with Crippen LogP contribution in [-0.4, -0.2) is 32.5 Å². The summed E-state index contributed by atoms with van der Waals surface area (Å²) in [5.74, 6) is -0.903. The van der Waals surface area contributed by atoms with Gasteiger partial charge in [0.25, 0.3) is 17.1 Å². The molecule has 0 amide bonds. The van der Waals surface area contributed by atoms with Crippen LogP contribution in [-0.2, 0) is 0 Å². The van der Waals surface area contributed by atoms with Gasteiger partial charge in [0, 0.05) is 29.3 Å². The van der Waals surface area contributed by atoms with Crippen molar-refractivity contribution in [3.8, 4) is 16.9 Å². The van der Waals surface area contributed by atoms with E-state index in [4.69, 9.17) is 4.74 Å². The van der Waals surface area contributed by atoms with Gasteiger partial charge in [0.15, 0.2) is 0 Å². The van der Waals surface area contributed by atoms with E-state index >= 15 is 0 Å². The van der Waals surface area contributed by atoms with E-state index in [1.54, 1.807) is 30.3 Å². The Labute approximate surface area is 234 Å². The van der Waals surface area contributed by atoms with E-state index in [0.29, 0.717) is 17.9 Å². The molecule has 3 aromatic carbocycles. The van der Waals surface area contributed by atoms with E-state index in [9.17, 15) is 40.2 Å². The van der Waals surface area contributed by atoms with Crippen LogP contribution in [0.2, 0.25) is 0 Å². The van der Waals surface area contributed by atoms with Gasteiger partial charge in [0.2, 0.25) is 0 Å². The van der Waals surface area contributed by atoms with Crippen molar-refractivity contribution in [2.75, 3.05) is 6.61 Å². The second kappa shape index (κ2) is 12.4. The molecule has 4 rings (SSSR count). The number of fused-ring (bicyclic) bond motifs is 3. The van der Waals surface area contributed by atoms with Gasteiger partial charge in [-0.05, 0) is 41.3 Å². The first-order chi connectivity index (χ1) is 19.6. The van der Waals surface area contributed by atoms with Crippen molar-refractivity contribution < 1.29 is 29.4 Å². The number of rotatable bonds is 13. The molecule has 0 bridgehead atoms.